The van der Waals surface area contributed by atoms with Gasteiger partial charge in [0.25, 0.3) is 0 Å². The number of pyridine rings is 1. The van der Waals surface area contributed by atoms with Crippen molar-refractivity contribution in [2.24, 2.45) is 13.0 Å². The van der Waals surface area contributed by atoms with Gasteiger partial charge in [0.05, 0.1) is 6.04 Å². The summed E-state index contributed by atoms with van der Waals surface area (Å²) in [6.45, 7) is 4.36. The number of imidazole rings is 1. The molecule has 1 atom stereocenters. The van der Waals surface area contributed by atoms with E-state index in [1.807, 2.05) is 42.3 Å². The molecule has 0 aromatic carbocycles. The zero-order valence-electron chi connectivity index (χ0n) is 12.0. The second kappa shape index (κ2) is 5.00. The zero-order valence-corrected chi connectivity index (χ0v) is 12.0. The number of anilines is 1. The van der Waals surface area contributed by atoms with Crippen molar-refractivity contribution in [1.82, 2.24) is 19.5 Å². The molecule has 3 rings (SSSR count). The van der Waals surface area contributed by atoms with Gasteiger partial charge in [0.1, 0.15) is 17.3 Å². The van der Waals surface area contributed by atoms with Crippen molar-refractivity contribution in [3.8, 4) is 0 Å². The average Bonchev–Trinajstić information content (AvgIpc) is 3.03. The van der Waals surface area contributed by atoms with Crippen molar-refractivity contribution in [2.75, 3.05) is 5.32 Å². The second-order valence-electron chi connectivity index (χ2n) is 5.37. The molecule has 3 aromatic rings. The predicted octanol–water partition coefficient (Wildman–Crippen LogP) is 3.11. The lowest BCUT2D eigenvalue weighted by Gasteiger charge is -2.22. The maximum atomic E-state index is 4.59. The second-order valence-corrected chi connectivity index (χ2v) is 5.37. The normalized spacial score (nSPS) is 13.0. The van der Waals surface area contributed by atoms with Gasteiger partial charge in [-0.1, -0.05) is 13.8 Å². The standard InChI is InChI=1S/C15H19N5/c1-10(2)13(15-17-8-9-20(15)3)18-12-5-4-11-6-7-16-14(11)19-12/h4-10,13H,1-3H3,(H2,16,18,19)/t13-/m0/s1. The number of rotatable bonds is 4. The van der Waals surface area contributed by atoms with E-state index >= 15 is 0 Å². The molecule has 0 saturated carbocycles. The van der Waals surface area contributed by atoms with Gasteiger partial charge in [-0.15, -0.1) is 0 Å². The number of fused-ring (bicyclic) bond motifs is 1. The van der Waals surface area contributed by atoms with E-state index in [1.165, 1.54) is 0 Å². The van der Waals surface area contributed by atoms with Gasteiger partial charge >= 0.3 is 0 Å². The number of aromatic amines is 1. The third-order valence-electron chi connectivity index (χ3n) is 3.52. The van der Waals surface area contributed by atoms with Crippen LogP contribution in [0.25, 0.3) is 11.0 Å². The number of hydrogen-bond donors (Lipinski definition) is 2. The molecule has 0 amide bonds. The summed E-state index contributed by atoms with van der Waals surface area (Å²) in [6, 6.07) is 6.23. The van der Waals surface area contributed by atoms with Crippen LogP contribution < -0.4 is 5.32 Å². The Hall–Kier alpha value is -2.30. The Kier molecular flexibility index (Phi) is 3.18. The van der Waals surface area contributed by atoms with E-state index in [9.17, 15) is 0 Å². The Morgan fingerprint density at radius 2 is 2.10 bits per heavy atom. The summed E-state index contributed by atoms with van der Waals surface area (Å²) >= 11 is 0. The number of H-pyrrole nitrogens is 1. The van der Waals surface area contributed by atoms with Crippen LogP contribution in [-0.2, 0) is 7.05 Å². The summed E-state index contributed by atoms with van der Waals surface area (Å²) in [7, 11) is 2.01. The molecule has 20 heavy (non-hydrogen) atoms. The molecule has 0 unspecified atom stereocenters. The zero-order chi connectivity index (χ0) is 14.1. The van der Waals surface area contributed by atoms with Crippen LogP contribution in [0, 0.1) is 5.92 Å². The van der Waals surface area contributed by atoms with Gasteiger partial charge in [-0.3, -0.25) is 0 Å². The van der Waals surface area contributed by atoms with Crippen LogP contribution in [0.2, 0.25) is 0 Å². The first-order chi connectivity index (χ1) is 9.65. The molecule has 3 aromatic heterocycles. The quantitative estimate of drug-likeness (QED) is 0.765. The van der Waals surface area contributed by atoms with E-state index in [0.29, 0.717) is 5.92 Å². The Morgan fingerprint density at radius 1 is 1.25 bits per heavy atom. The van der Waals surface area contributed by atoms with Gasteiger partial charge in [-0.2, -0.15) is 0 Å². The molecule has 0 radical (unpaired) electrons. The molecule has 5 heteroatoms. The van der Waals surface area contributed by atoms with Crippen molar-refractivity contribution in [1.29, 1.82) is 0 Å². The lowest BCUT2D eigenvalue weighted by Crippen LogP contribution is -2.21. The van der Waals surface area contributed by atoms with E-state index in [4.69, 9.17) is 0 Å². The fourth-order valence-electron chi connectivity index (χ4n) is 2.38. The highest BCUT2D eigenvalue weighted by atomic mass is 15.1. The van der Waals surface area contributed by atoms with Crippen molar-refractivity contribution in [2.45, 2.75) is 19.9 Å². The van der Waals surface area contributed by atoms with Crippen molar-refractivity contribution in [3.63, 3.8) is 0 Å². The molecule has 0 aliphatic rings. The van der Waals surface area contributed by atoms with Crippen molar-refractivity contribution < 1.29 is 0 Å². The maximum absolute atomic E-state index is 4.59. The lowest BCUT2D eigenvalue weighted by molar-refractivity contribution is 0.507. The average molecular weight is 269 g/mol. The lowest BCUT2D eigenvalue weighted by atomic mass is 10.0. The monoisotopic (exact) mass is 269 g/mol. The van der Waals surface area contributed by atoms with Crippen LogP contribution in [0.15, 0.2) is 36.8 Å². The van der Waals surface area contributed by atoms with Crippen LogP contribution in [0.3, 0.4) is 0 Å². The number of nitrogens with zero attached hydrogens (tertiary/aromatic N) is 3. The third-order valence-corrected chi connectivity index (χ3v) is 3.52. The predicted molar refractivity (Wildman–Crippen MR) is 80.5 cm³/mol. The largest absolute Gasteiger partial charge is 0.360 e. The molecule has 0 bridgehead atoms. The number of nitrogens with one attached hydrogen (secondary N) is 2. The Labute approximate surface area is 118 Å². The van der Waals surface area contributed by atoms with Crippen LogP contribution in [0.5, 0.6) is 0 Å². The van der Waals surface area contributed by atoms with Gasteiger partial charge in [0.15, 0.2) is 0 Å². The van der Waals surface area contributed by atoms with Crippen molar-refractivity contribution in [3.05, 3.63) is 42.6 Å². The first kappa shape index (κ1) is 12.7. The summed E-state index contributed by atoms with van der Waals surface area (Å²) in [5, 5.41) is 4.61. The minimum absolute atomic E-state index is 0.134. The summed E-state index contributed by atoms with van der Waals surface area (Å²) in [5.41, 5.74) is 0.900. The summed E-state index contributed by atoms with van der Waals surface area (Å²) in [4.78, 5) is 12.2. The first-order valence-electron chi connectivity index (χ1n) is 6.83. The van der Waals surface area contributed by atoms with E-state index in [2.05, 4.69) is 40.2 Å². The molecule has 0 fully saturated rings. The molecule has 0 saturated heterocycles. The summed E-state index contributed by atoms with van der Waals surface area (Å²) in [6.07, 6.45) is 5.70. The van der Waals surface area contributed by atoms with Gasteiger partial charge in [-0.25, -0.2) is 9.97 Å². The van der Waals surface area contributed by atoms with Gasteiger partial charge in [-0.05, 0) is 24.1 Å². The number of aryl methyl sites for hydroxylation is 1. The van der Waals surface area contributed by atoms with E-state index < -0.39 is 0 Å². The Balaban J connectivity index is 1.91. The highest BCUT2D eigenvalue weighted by Gasteiger charge is 2.20. The topological polar surface area (TPSA) is 58.5 Å². The molecule has 0 aliphatic carbocycles. The Bertz CT molecular complexity index is 710. The summed E-state index contributed by atoms with van der Waals surface area (Å²) in [5.74, 6) is 2.30. The highest BCUT2D eigenvalue weighted by Crippen LogP contribution is 2.25. The smallest absolute Gasteiger partial charge is 0.139 e. The Morgan fingerprint density at radius 3 is 2.80 bits per heavy atom. The molecular formula is C15H19N5. The minimum Gasteiger partial charge on any atom is -0.360 e. The SMILES string of the molecule is CC(C)[C@H](Nc1ccc2cc[nH]c2n1)c1nccn1C. The minimum atomic E-state index is 0.134. The van der Waals surface area contributed by atoms with Gasteiger partial charge < -0.3 is 14.9 Å². The third kappa shape index (κ3) is 2.27. The van der Waals surface area contributed by atoms with E-state index in [-0.39, 0.29) is 6.04 Å². The van der Waals surface area contributed by atoms with Crippen LogP contribution in [-0.4, -0.2) is 19.5 Å². The molecule has 0 aliphatic heterocycles. The fourth-order valence-corrected chi connectivity index (χ4v) is 2.38. The van der Waals surface area contributed by atoms with Crippen LogP contribution >= 0.6 is 0 Å². The van der Waals surface area contributed by atoms with Gasteiger partial charge in [0.2, 0.25) is 0 Å². The van der Waals surface area contributed by atoms with E-state index in [0.717, 1.165) is 22.7 Å². The van der Waals surface area contributed by atoms with Gasteiger partial charge in [0, 0.05) is 31.0 Å². The molecular weight excluding hydrogens is 250 g/mol. The van der Waals surface area contributed by atoms with Crippen molar-refractivity contribution >= 4 is 16.9 Å². The molecule has 5 nitrogen and oxygen atoms in total. The molecule has 0 spiro atoms. The molecule has 3 heterocycles. The highest BCUT2D eigenvalue weighted by molar-refractivity contribution is 5.77. The molecule has 2 N–H and O–H groups in total. The number of hydrogen-bond acceptors (Lipinski definition) is 3. The van der Waals surface area contributed by atoms with Crippen LogP contribution in [0.1, 0.15) is 25.7 Å². The summed E-state index contributed by atoms with van der Waals surface area (Å²) < 4.78 is 2.05. The van der Waals surface area contributed by atoms with Crippen LogP contribution in [0.4, 0.5) is 5.82 Å². The van der Waals surface area contributed by atoms with E-state index in [1.54, 1.807) is 0 Å². The first-order valence-corrected chi connectivity index (χ1v) is 6.83. The molecule has 104 valence electrons. The fraction of sp³-hybridized carbons (Fsp3) is 0.333. The number of aromatic nitrogens is 4. The maximum Gasteiger partial charge on any atom is 0.139 e.